The summed E-state index contributed by atoms with van der Waals surface area (Å²) in [4.78, 5) is 25.1. The minimum atomic E-state index is -4.56. The lowest BCUT2D eigenvalue weighted by Gasteiger charge is -2.28. The third-order valence-electron chi connectivity index (χ3n) is 10.1. The molecular weight excluding hydrogens is 758 g/mol. The minimum absolute atomic E-state index is 0.00268. The molecule has 0 aromatic rings. The van der Waals surface area contributed by atoms with Crippen molar-refractivity contribution in [2.75, 3.05) is 47.5 Å². The van der Waals surface area contributed by atoms with Gasteiger partial charge in [0, 0.05) is 6.42 Å². The largest absolute Gasteiger partial charge is 0.756 e. The highest BCUT2D eigenvalue weighted by molar-refractivity contribution is 7.45. The van der Waals surface area contributed by atoms with Crippen LogP contribution in [0.1, 0.15) is 200 Å². The summed E-state index contributed by atoms with van der Waals surface area (Å²) < 4.78 is 34.3. The summed E-state index contributed by atoms with van der Waals surface area (Å²) >= 11 is 0. The Hall–Kier alpha value is -1.96. The van der Waals surface area contributed by atoms with Crippen LogP contribution < -0.4 is 4.89 Å². The van der Waals surface area contributed by atoms with Gasteiger partial charge in [-0.3, -0.25) is 9.36 Å². The SMILES string of the molecule is CCCCCCCCC/C=C/C/C=C/C/C=C/C/C=C/CCCC(=O)O[C@H](CO/C=C/CCCCCCCCCCCCCCCC)COP(=O)([O-])OCC[N+](C)(C)C. The predicted octanol–water partition coefficient (Wildman–Crippen LogP) is 14.2. The van der Waals surface area contributed by atoms with E-state index in [1.807, 2.05) is 27.2 Å². The van der Waals surface area contributed by atoms with Crippen LogP contribution in [-0.2, 0) is 27.9 Å². The van der Waals surface area contributed by atoms with E-state index in [-0.39, 0.29) is 26.2 Å². The molecule has 1 unspecified atom stereocenters. The molecule has 344 valence electrons. The molecule has 8 nitrogen and oxygen atoms in total. The zero-order valence-electron chi connectivity index (χ0n) is 38.9. The Kier molecular flexibility index (Phi) is 41.3. The number of phosphoric ester groups is 1. The molecule has 0 rings (SSSR count). The van der Waals surface area contributed by atoms with E-state index >= 15 is 0 Å². The Labute approximate surface area is 364 Å². The number of quaternary nitrogens is 1. The second-order valence-electron chi connectivity index (χ2n) is 17.2. The molecule has 0 aromatic heterocycles. The Balaban J connectivity index is 4.34. The maximum absolute atomic E-state index is 12.7. The summed E-state index contributed by atoms with van der Waals surface area (Å²) in [7, 11) is 1.29. The molecule has 0 aromatic carbocycles. The number of carbonyl (C=O) groups excluding carboxylic acids is 1. The van der Waals surface area contributed by atoms with Crippen molar-refractivity contribution >= 4 is 13.8 Å². The van der Waals surface area contributed by atoms with Crippen LogP contribution in [0.2, 0.25) is 0 Å². The number of carbonyl (C=O) groups is 1. The molecule has 0 aliphatic heterocycles. The quantitative estimate of drug-likeness (QED) is 0.0150. The maximum atomic E-state index is 12.7. The smallest absolute Gasteiger partial charge is 0.306 e. The number of nitrogens with zero attached hydrogens (tertiary/aromatic N) is 1. The van der Waals surface area contributed by atoms with Crippen LogP contribution in [0.4, 0.5) is 0 Å². The van der Waals surface area contributed by atoms with Crippen molar-refractivity contribution in [2.24, 2.45) is 0 Å². The molecule has 0 saturated heterocycles. The molecule has 0 aliphatic rings. The summed E-state index contributed by atoms with van der Waals surface area (Å²) in [5.74, 6) is -0.409. The maximum Gasteiger partial charge on any atom is 0.306 e. The van der Waals surface area contributed by atoms with Gasteiger partial charge in [-0.15, -0.1) is 0 Å². The molecule has 59 heavy (non-hydrogen) atoms. The van der Waals surface area contributed by atoms with Crippen molar-refractivity contribution in [1.82, 2.24) is 0 Å². The van der Waals surface area contributed by atoms with Gasteiger partial charge < -0.3 is 27.9 Å². The second kappa shape index (κ2) is 42.7. The average Bonchev–Trinajstić information content (AvgIpc) is 3.19. The van der Waals surface area contributed by atoms with Gasteiger partial charge in [0.05, 0.1) is 34.0 Å². The zero-order chi connectivity index (χ0) is 43.4. The normalized spacial score (nSPS) is 14.1. The number of rotatable bonds is 44. The fourth-order valence-corrected chi connectivity index (χ4v) is 7.12. The Morgan fingerprint density at radius 3 is 1.41 bits per heavy atom. The number of likely N-dealkylation sites (N-methyl/N-ethyl adjacent to an activating group) is 1. The van der Waals surface area contributed by atoms with Gasteiger partial charge in [0.1, 0.15) is 19.8 Å². The summed E-state index contributed by atoms with van der Waals surface area (Å²) in [5.41, 5.74) is 0. The zero-order valence-corrected chi connectivity index (χ0v) is 39.8. The van der Waals surface area contributed by atoms with Gasteiger partial charge in [-0.2, -0.15) is 0 Å². The Morgan fingerprint density at radius 1 is 0.542 bits per heavy atom. The molecule has 0 heterocycles. The first-order valence-corrected chi connectivity index (χ1v) is 25.5. The highest BCUT2D eigenvalue weighted by Crippen LogP contribution is 2.38. The van der Waals surface area contributed by atoms with Crippen molar-refractivity contribution in [3.63, 3.8) is 0 Å². The van der Waals surface area contributed by atoms with Crippen LogP contribution in [0.3, 0.4) is 0 Å². The number of phosphoric acid groups is 1. The first-order valence-electron chi connectivity index (χ1n) is 24.1. The third-order valence-corrected chi connectivity index (χ3v) is 11.1. The molecular formula is C50H92NO7P. The Morgan fingerprint density at radius 2 is 0.949 bits per heavy atom. The van der Waals surface area contributed by atoms with E-state index in [1.165, 1.54) is 135 Å². The molecule has 0 fully saturated rings. The van der Waals surface area contributed by atoms with Crippen LogP contribution >= 0.6 is 7.82 Å². The highest BCUT2D eigenvalue weighted by Gasteiger charge is 2.20. The van der Waals surface area contributed by atoms with E-state index in [2.05, 4.69) is 62.5 Å². The van der Waals surface area contributed by atoms with Crippen LogP contribution in [0.25, 0.3) is 0 Å². The molecule has 0 aliphatic carbocycles. The van der Waals surface area contributed by atoms with Gasteiger partial charge in [0.15, 0.2) is 6.10 Å². The van der Waals surface area contributed by atoms with E-state index in [4.69, 9.17) is 18.5 Å². The summed E-state index contributed by atoms with van der Waals surface area (Å²) in [5, 5.41) is 0. The van der Waals surface area contributed by atoms with E-state index < -0.39 is 19.9 Å². The molecule has 0 spiro atoms. The van der Waals surface area contributed by atoms with Crippen LogP contribution in [0.5, 0.6) is 0 Å². The summed E-state index contributed by atoms with van der Waals surface area (Å²) in [6, 6.07) is 0. The third kappa shape index (κ3) is 47.0. The van der Waals surface area contributed by atoms with Crippen molar-refractivity contribution in [3.05, 3.63) is 60.9 Å². The number of allylic oxidation sites excluding steroid dienone is 9. The first kappa shape index (κ1) is 57.0. The minimum Gasteiger partial charge on any atom is -0.756 e. The lowest BCUT2D eigenvalue weighted by Crippen LogP contribution is -2.37. The summed E-state index contributed by atoms with van der Waals surface area (Å²) in [6.45, 7) is 4.68. The van der Waals surface area contributed by atoms with Crippen LogP contribution in [0.15, 0.2) is 60.9 Å². The fraction of sp³-hybridized carbons (Fsp3) is 0.780. The van der Waals surface area contributed by atoms with Gasteiger partial charge in [-0.1, -0.05) is 184 Å². The molecule has 9 heteroatoms. The van der Waals surface area contributed by atoms with E-state index in [9.17, 15) is 14.3 Å². The van der Waals surface area contributed by atoms with Crippen molar-refractivity contribution in [2.45, 2.75) is 206 Å². The average molecular weight is 850 g/mol. The van der Waals surface area contributed by atoms with Crippen molar-refractivity contribution in [3.8, 4) is 0 Å². The van der Waals surface area contributed by atoms with Crippen LogP contribution in [-0.4, -0.2) is 64.1 Å². The van der Waals surface area contributed by atoms with Gasteiger partial charge in [0.2, 0.25) is 0 Å². The summed E-state index contributed by atoms with van der Waals surface area (Å²) in [6.07, 6.45) is 54.9. The topological polar surface area (TPSA) is 94.1 Å². The molecule has 0 saturated carbocycles. The second-order valence-corrected chi connectivity index (χ2v) is 18.6. The molecule has 0 bridgehead atoms. The predicted molar refractivity (Wildman–Crippen MR) is 249 cm³/mol. The van der Waals surface area contributed by atoms with E-state index in [0.717, 1.165) is 38.5 Å². The van der Waals surface area contributed by atoms with E-state index in [0.29, 0.717) is 17.4 Å². The van der Waals surface area contributed by atoms with E-state index in [1.54, 1.807) is 6.26 Å². The van der Waals surface area contributed by atoms with Crippen LogP contribution in [0, 0.1) is 0 Å². The number of esters is 1. The molecule has 0 radical (unpaired) electrons. The monoisotopic (exact) mass is 850 g/mol. The number of unbranched alkanes of at least 4 members (excludes halogenated alkanes) is 22. The molecule has 0 amide bonds. The fourth-order valence-electron chi connectivity index (χ4n) is 6.39. The number of hydrogen-bond acceptors (Lipinski definition) is 7. The van der Waals surface area contributed by atoms with Crippen molar-refractivity contribution < 1.29 is 37.3 Å². The Bertz CT molecular complexity index is 1130. The standard InChI is InChI=1S/C50H92NO7P/c1-6-8-10-12-14-16-18-20-22-24-25-26-27-28-29-31-33-35-37-39-41-43-50(52)58-49(48-57-59(53,54)56-46-44-51(3,4)5)47-55-45-42-40-38-36-34-32-30-23-21-19-17-15-13-11-9-7-2/h22,24,26-27,29,31,35,37,42,45,49H,6-21,23,25,28,30,32-34,36,38-41,43-44,46-48H2,1-5H3/b24-22+,27-26+,31-29+,37-35+,45-42+/t49-/m1/s1. The van der Waals surface area contributed by atoms with Gasteiger partial charge in [-0.25, -0.2) is 0 Å². The number of ether oxygens (including phenoxy) is 2. The highest BCUT2D eigenvalue weighted by atomic mass is 31.2. The van der Waals surface area contributed by atoms with Gasteiger partial charge >= 0.3 is 5.97 Å². The van der Waals surface area contributed by atoms with Gasteiger partial charge in [-0.05, 0) is 63.9 Å². The first-order chi connectivity index (χ1) is 28.6. The number of hydrogen-bond donors (Lipinski definition) is 0. The van der Waals surface area contributed by atoms with Crippen molar-refractivity contribution in [1.29, 1.82) is 0 Å². The lowest BCUT2D eigenvalue weighted by molar-refractivity contribution is -0.870. The molecule has 0 N–H and O–H groups in total. The lowest BCUT2D eigenvalue weighted by atomic mass is 10.0. The van der Waals surface area contributed by atoms with Gasteiger partial charge in [0.25, 0.3) is 7.82 Å². The molecule has 2 atom stereocenters.